The summed E-state index contributed by atoms with van der Waals surface area (Å²) in [6.07, 6.45) is 3.17. The van der Waals surface area contributed by atoms with Gasteiger partial charge in [0.2, 0.25) is 0 Å². The van der Waals surface area contributed by atoms with Gasteiger partial charge >= 0.3 is 0 Å². The maximum absolute atomic E-state index is 7.86. The first-order valence-corrected chi connectivity index (χ1v) is 4.96. The van der Waals surface area contributed by atoms with Crippen molar-refractivity contribution in [2.75, 3.05) is 26.2 Å². The average Bonchev–Trinajstić information content (AvgIpc) is 2.74. The molecule has 0 saturated carbocycles. The summed E-state index contributed by atoms with van der Waals surface area (Å²) in [7, 11) is 0. The maximum atomic E-state index is 7.86. The van der Waals surface area contributed by atoms with Crippen LogP contribution < -0.4 is 5.32 Å². The molecule has 4 nitrogen and oxygen atoms in total. The number of hydrogen-bond acceptors (Lipinski definition) is 3. The molecular weight excluding hydrogens is 164 g/mol. The number of nitrogens with one attached hydrogen (secondary N) is 2. The molecule has 0 aromatic rings. The van der Waals surface area contributed by atoms with Crippen LogP contribution in [0.5, 0.6) is 0 Å². The lowest BCUT2D eigenvalue weighted by atomic mass is 10.3. The first kappa shape index (κ1) is 8.53. The highest BCUT2D eigenvalue weighted by Gasteiger charge is 2.17. The monoisotopic (exact) mass is 180 g/mol. The third-order valence-electron chi connectivity index (χ3n) is 2.57. The number of rotatable bonds is 2. The zero-order valence-electron chi connectivity index (χ0n) is 7.84. The lowest BCUT2D eigenvalue weighted by molar-refractivity contribution is 0.509. The fourth-order valence-electron chi connectivity index (χ4n) is 1.82. The van der Waals surface area contributed by atoms with Gasteiger partial charge in [-0.1, -0.05) is 0 Å². The van der Waals surface area contributed by atoms with Crippen molar-refractivity contribution < 1.29 is 0 Å². The molecule has 2 N–H and O–H groups in total. The van der Waals surface area contributed by atoms with Gasteiger partial charge in [0.25, 0.3) is 0 Å². The molecule has 0 radical (unpaired) electrons. The van der Waals surface area contributed by atoms with E-state index < -0.39 is 0 Å². The van der Waals surface area contributed by atoms with Gasteiger partial charge in [0.15, 0.2) is 0 Å². The van der Waals surface area contributed by atoms with Crippen molar-refractivity contribution in [2.24, 2.45) is 4.99 Å². The topological polar surface area (TPSA) is 51.5 Å². The lowest BCUT2D eigenvalue weighted by Crippen LogP contribution is -2.31. The molecule has 2 aliphatic heterocycles. The van der Waals surface area contributed by atoms with Crippen molar-refractivity contribution in [3.05, 3.63) is 0 Å². The average molecular weight is 180 g/mol. The molecule has 2 heterocycles. The Morgan fingerprint density at radius 1 is 1.46 bits per heavy atom. The van der Waals surface area contributed by atoms with Crippen LogP contribution in [0.1, 0.15) is 19.3 Å². The minimum Gasteiger partial charge on any atom is -0.372 e. The first-order valence-electron chi connectivity index (χ1n) is 4.96. The molecule has 0 bridgehead atoms. The van der Waals surface area contributed by atoms with E-state index in [1.807, 2.05) is 0 Å². The summed E-state index contributed by atoms with van der Waals surface area (Å²) in [5, 5.41) is 11.0. The number of likely N-dealkylation sites (tertiary alicyclic amines) is 1. The molecule has 4 heteroatoms. The molecule has 0 spiro atoms. The van der Waals surface area contributed by atoms with Crippen molar-refractivity contribution in [3.8, 4) is 0 Å². The summed E-state index contributed by atoms with van der Waals surface area (Å²) in [6.45, 7) is 3.95. The Balaban J connectivity index is 1.83. The van der Waals surface area contributed by atoms with Crippen molar-refractivity contribution >= 4 is 11.7 Å². The summed E-state index contributed by atoms with van der Waals surface area (Å²) in [5.74, 6) is 1.72. The first-order chi connectivity index (χ1) is 6.36. The third-order valence-corrected chi connectivity index (χ3v) is 2.57. The van der Waals surface area contributed by atoms with Gasteiger partial charge in [0.1, 0.15) is 11.7 Å². The SMILES string of the molecule is N=C(CC1=NCCN1)N1CCCC1. The van der Waals surface area contributed by atoms with Gasteiger partial charge in [-0.3, -0.25) is 10.4 Å². The van der Waals surface area contributed by atoms with Gasteiger partial charge < -0.3 is 10.2 Å². The largest absolute Gasteiger partial charge is 0.372 e. The van der Waals surface area contributed by atoms with Crippen LogP contribution in [0.3, 0.4) is 0 Å². The van der Waals surface area contributed by atoms with Crippen LogP contribution >= 0.6 is 0 Å². The Labute approximate surface area is 78.5 Å². The third kappa shape index (κ3) is 1.99. The van der Waals surface area contributed by atoms with Crippen molar-refractivity contribution in [1.82, 2.24) is 10.2 Å². The van der Waals surface area contributed by atoms with Crippen LogP contribution in [0.15, 0.2) is 4.99 Å². The van der Waals surface area contributed by atoms with Gasteiger partial charge in [-0.15, -0.1) is 0 Å². The molecule has 1 saturated heterocycles. The highest BCUT2D eigenvalue weighted by atomic mass is 15.2. The number of hydrogen-bond donors (Lipinski definition) is 2. The van der Waals surface area contributed by atoms with Crippen molar-refractivity contribution in [3.63, 3.8) is 0 Å². The molecule has 1 fully saturated rings. The van der Waals surface area contributed by atoms with Gasteiger partial charge in [-0.25, -0.2) is 0 Å². The Kier molecular flexibility index (Phi) is 2.47. The minimum absolute atomic E-state index is 0.694. The van der Waals surface area contributed by atoms with E-state index in [0.29, 0.717) is 6.42 Å². The number of amidine groups is 2. The molecule has 72 valence electrons. The van der Waals surface area contributed by atoms with E-state index in [1.54, 1.807) is 0 Å². The predicted molar refractivity (Wildman–Crippen MR) is 53.5 cm³/mol. The lowest BCUT2D eigenvalue weighted by Gasteiger charge is -2.18. The summed E-state index contributed by atoms with van der Waals surface area (Å²) < 4.78 is 0. The smallest absolute Gasteiger partial charge is 0.104 e. The molecule has 0 unspecified atom stereocenters. The van der Waals surface area contributed by atoms with Crippen LogP contribution in [0.4, 0.5) is 0 Å². The Morgan fingerprint density at radius 2 is 2.23 bits per heavy atom. The highest BCUT2D eigenvalue weighted by Crippen LogP contribution is 2.09. The number of nitrogens with zero attached hydrogens (tertiary/aromatic N) is 2. The zero-order chi connectivity index (χ0) is 9.10. The summed E-state index contributed by atoms with van der Waals surface area (Å²) in [6, 6.07) is 0. The predicted octanol–water partition coefficient (Wildman–Crippen LogP) is 0.451. The molecule has 0 atom stereocenters. The second-order valence-corrected chi connectivity index (χ2v) is 3.57. The Morgan fingerprint density at radius 3 is 2.85 bits per heavy atom. The molecule has 13 heavy (non-hydrogen) atoms. The minimum atomic E-state index is 0.694. The summed E-state index contributed by atoms with van der Waals surface area (Å²) >= 11 is 0. The van der Waals surface area contributed by atoms with Crippen LogP contribution in [0.25, 0.3) is 0 Å². The van der Waals surface area contributed by atoms with Crippen molar-refractivity contribution in [2.45, 2.75) is 19.3 Å². The summed E-state index contributed by atoms with van der Waals surface area (Å²) in [5.41, 5.74) is 0. The van der Waals surface area contributed by atoms with E-state index in [4.69, 9.17) is 5.41 Å². The second-order valence-electron chi connectivity index (χ2n) is 3.57. The standard InChI is InChI=1S/C9H16N4/c10-8(13-5-1-2-6-13)7-9-11-3-4-12-9/h10H,1-7H2,(H,11,12). The highest BCUT2D eigenvalue weighted by molar-refractivity contribution is 6.01. The molecule has 2 rings (SSSR count). The van der Waals surface area contributed by atoms with Crippen LogP contribution in [-0.2, 0) is 0 Å². The Bertz CT molecular complexity index is 228. The molecule has 2 aliphatic rings. The second kappa shape index (κ2) is 3.77. The van der Waals surface area contributed by atoms with Gasteiger partial charge in [0, 0.05) is 19.6 Å². The Hall–Kier alpha value is -1.06. The van der Waals surface area contributed by atoms with E-state index in [2.05, 4.69) is 15.2 Å². The number of aliphatic imine (C=N–C) groups is 1. The van der Waals surface area contributed by atoms with Crippen LogP contribution in [0, 0.1) is 5.41 Å². The van der Waals surface area contributed by atoms with Gasteiger partial charge in [-0.05, 0) is 12.8 Å². The van der Waals surface area contributed by atoms with Crippen molar-refractivity contribution in [1.29, 1.82) is 5.41 Å². The summed E-state index contributed by atoms with van der Waals surface area (Å²) in [4.78, 5) is 6.44. The van der Waals surface area contributed by atoms with E-state index >= 15 is 0 Å². The molecule has 0 aromatic carbocycles. The molecule has 0 amide bonds. The quantitative estimate of drug-likeness (QED) is 0.479. The van der Waals surface area contributed by atoms with Gasteiger partial charge in [0.05, 0.1) is 13.0 Å². The van der Waals surface area contributed by atoms with Gasteiger partial charge in [-0.2, -0.15) is 0 Å². The molecule has 0 aliphatic carbocycles. The fourth-order valence-corrected chi connectivity index (χ4v) is 1.82. The van der Waals surface area contributed by atoms with E-state index in [1.165, 1.54) is 12.8 Å². The van der Waals surface area contributed by atoms with Crippen LogP contribution in [0.2, 0.25) is 0 Å². The van der Waals surface area contributed by atoms with E-state index in [0.717, 1.165) is 37.9 Å². The maximum Gasteiger partial charge on any atom is 0.104 e. The molecular formula is C9H16N4. The van der Waals surface area contributed by atoms with E-state index in [9.17, 15) is 0 Å². The zero-order valence-corrected chi connectivity index (χ0v) is 7.84. The van der Waals surface area contributed by atoms with E-state index in [-0.39, 0.29) is 0 Å². The normalized spacial score (nSPS) is 21.5. The van der Waals surface area contributed by atoms with Crippen LogP contribution in [-0.4, -0.2) is 42.8 Å². The fraction of sp³-hybridized carbons (Fsp3) is 0.778. The molecule has 0 aromatic heterocycles.